The minimum atomic E-state index is -3.97. The van der Waals surface area contributed by atoms with Crippen LogP contribution < -0.4 is 4.74 Å². The van der Waals surface area contributed by atoms with Gasteiger partial charge in [0.15, 0.2) is 6.19 Å². The van der Waals surface area contributed by atoms with Gasteiger partial charge in [-0.25, -0.2) is 12.8 Å². The molecular formula is C19H19BrFN3O3S. The molecule has 6 nitrogen and oxygen atoms in total. The Balaban J connectivity index is 2.05. The number of ether oxygens (including phenoxy) is 1. The van der Waals surface area contributed by atoms with Crippen LogP contribution >= 0.6 is 15.9 Å². The zero-order valence-corrected chi connectivity index (χ0v) is 17.6. The first-order valence-electron chi connectivity index (χ1n) is 8.59. The second-order valence-corrected chi connectivity index (χ2v) is 9.24. The molecule has 0 unspecified atom stereocenters. The van der Waals surface area contributed by atoms with Gasteiger partial charge in [0.1, 0.15) is 16.5 Å². The van der Waals surface area contributed by atoms with Crippen LogP contribution in [-0.4, -0.2) is 43.9 Å². The predicted molar refractivity (Wildman–Crippen MR) is 105 cm³/mol. The Kier molecular flexibility index (Phi) is 6.23. The third kappa shape index (κ3) is 4.29. The van der Waals surface area contributed by atoms with Gasteiger partial charge in [-0.3, -0.25) is 0 Å². The van der Waals surface area contributed by atoms with E-state index in [-0.39, 0.29) is 17.2 Å². The molecule has 0 bridgehead atoms. The molecule has 148 valence electrons. The van der Waals surface area contributed by atoms with Gasteiger partial charge < -0.3 is 9.64 Å². The molecular weight excluding hydrogens is 449 g/mol. The summed E-state index contributed by atoms with van der Waals surface area (Å²) in [7, 11) is -2.56. The molecule has 2 aromatic carbocycles. The van der Waals surface area contributed by atoms with Crippen LogP contribution in [0.15, 0.2) is 51.8 Å². The van der Waals surface area contributed by atoms with Crippen LogP contribution in [0.2, 0.25) is 0 Å². The molecule has 1 heterocycles. The molecule has 2 aromatic rings. The average molecular weight is 468 g/mol. The number of methoxy groups -OCH3 is 1. The standard InChI is InChI=1S/C19H19BrFN3O3S/c1-27-18-6-5-15(20)10-19(18)28(25,26)24(17-7-8-23(12-17)13-22)11-14-3-2-4-16(21)9-14/h2-6,9-10,17H,7-8,11-12H2,1H3/t17-/m1/s1. The summed E-state index contributed by atoms with van der Waals surface area (Å²) in [6.45, 7) is 0.771. The molecule has 1 aliphatic heterocycles. The van der Waals surface area contributed by atoms with Crippen molar-refractivity contribution in [2.45, 2.75) is 23.9 Å². The van der Waals surface area contributed by atoms with E-state index in [1.807, 2.05) is 0 Å². The highest BCUT2D eigenvalue weighted by atomic mass is 79.9. The van der Waals surface area contributed by atoms with E-state index in [2.05, 4.69) is 22.1 Å². The maximum atomic E-state index is 13.7. The molecule has 0 amide bonds. The van der Waals surface area contributed by atoms with Crippen molar-refractivity contribution >= 4 is 26.0 Å². The quantitative estimate of drug-likeness (QED) is 0.609. The zero-order valence-electron chi connectivity index (χ0n) is 15.2. The molecule has 0 spiro atoms. The fraction of sp³-hybridized carbons (Fsp3) is 0.316. The zero-order chi connectivity index (χ0) is 20.3. The molecule has 1 saturated heterocycles. The van der Waals surface area contributed by atoms with E-state index >= 15 is 0 Å². The lowest BCUT2D eigenvalue weighted by molar-refractivity contribution is 0.311. The maximum Gasteiger partial charge on any atom is 0.247 e. The minimum absolute atomic E-state index is 0.000301. The van der Waals surface area contributed by atoms with Crippen LogP contribution in [0.5, 0.6) is 5.75 Å². The van der Waals surface area contributed by atoms with E-state index in [1.165, 1.54) is 34.5 Å². The summed E-state index contributed by atoms with van der Waals surface area (Å²) in [4.78, 5) is 1.55. The van der Waals surface area contributed by atoms with Crippen molar-refractivity contribution < 1.29 is 17.5 Å². The lowest BCUT2D eigenvalue weighted by atomic mass is 10.2. The van der Waals surface area contributed by atoms with Crippen molar-refractivity contribution in [3.8, 4) is 11.9 Å². The van der Waals surface area contributed by atoms with Crippen molar-refractivity contribution in [2.24, 2.45) is 0 Å². The molecule has 3 rings (SSSR count). The second kappa shape index (κ2) is 8.47. The normalized spacial score (nSPS) is 17.0. The van der Waals surface area contributed by atoms with Crippen molar-refractivity contribution in [1.29, 1.82) is 5.26 Å². The van der Waals surface area contributed by atoms with Gasteiger partial charge in [0.05, 0.1) is 7.11 Å². The summed E-state index contributed by atoms with van der Waals surface area (Å²) in [6.07, 6.45) is 2.58. The van der Waals surface area contributed by atoms with Gasteiger partial charge in [-0.15, -0.1) is 0 Å². The summed E-state index contributed by atoms with van der Waals surface area (Å²) in [6, 6.07) is 10.2. The molecule has 0 saturated carbocycles. The van der Waals surface area contributed by atoms with Gasteiger partial charge in [-0.1, -0.05) is 28.1 Å². The third-order valence-electron chi connectivity index (χ3n) is 4.65. The fourth-order valence-electron chi connectivity index (χ4n) is 3.27. The number of hydrogen-bond donors (Lipinski definition) is 0. The lowest BCUT2D eigenvalue weighted by Gasteiger charge is -2.28. The highest BCUT2D eigenvalue weighted by Crippen LogP contribution is 2.33. The monoisotopic (exact) mass is 467 g/mol. The largest absolute Gasteiger partial charge is 0.495 e. The van der Waals surface area contributed by atoms with E-state index in [4.69, 9.17) is 10.00 Å². The molecule has 9 heteroatoms. The Morgan fingerprint density at radius 3 is 2.79 bits per heavy atom. The highest BCUT2D eigenvalue weighted by Gasteiger charge is 2.37. The molecule has 0 radical (unpaired) electrons. The Morgan fingerprint density at radius 1 is 1.36 bits per heavy atom. The van der Waals surface area contributed by atoms with Crippen LogP contribution in [0.1, 0.15) is 12.0 Å². The molecule has 1 aliphatic rings. The van der Waals surface area contributed by atoms with Crippen LogP contribution in [0.4, 0.5) is 4.39 Å². The predicted octanol–water partition coefficient (Wildman–Crippen LogP) is 3.34. The van der Waals surface area contributed by atoms with E-state index in [0.717, 1.165) is 0 Å². The van der Waals surface area contributed by atoms with Gasteiger partial charge >= 0.3 is 0 Å². The number of halogens is 2. The number of sulfonamides is 1. The van der Waals surface area contributed by atoms with Crippen molar-refractivity contribution in [1.82, 2.24) is 9.21 Å². The van der Waals surface area contributed by atoms with Crippen molar-refractivity contribution in [2.75, 3.05) is 20.2 Å². The average Bonchev–Trinajstić information content (AvgIpc) is 3.14. The molecule has 0 aliphatic carbocycles. The van der Waals surface area contributed by atoms with Gasteiger partial charge in [-0.05, 0) is 42.3 Å². The van der Waals surface area contributed by atoms with Crippen LogP contribution in [0, 0.1) is 17.3 Å². The van der Waals surface area contributed by atoms with E-state index in [0.29, 0.717) is 29.5 Å². The summed E-state index contributed by atoms with van der Waals surface area (Å²) < 4.78 is 48.0. The minimum Gasteiger partial charge on any atom is -0.495 e. The first-order valence-corrected chi connectivity index (χ1v) is 10.8. The number of rotatable bonds is 6. The first kappa shape index (κ1) is 20.6. The Morgan fingerprint density at radius 2 is 2.14 bits per heavy atom. The van der Waals surface area contributed by atoms with E-state index in [9.17, 15) is 12.8 Å². The number of likely N-dealkylation sites (tertiary alicyclic amines) is 1. The molecule has 1 fully saturated rings. The SMILES string of the molecule is COc1ccc(Br)cc1S(=O)(=O)N(Cc1cccc(F)c1)[C@@H]1CCN(C#N)C1. The molecule has 0 N–H and O–H groups in total. The van der Waals surface area contributed by atoms with Gasteiger partial charge in [-0.2, -0.15) is 9.57 Å². The summed E-state index contributed by atoms with van der Waals surface area (Å²) in [5.74, 6) is -0.206. The number of benzene rings is 2. The summed E-state index contributed by atoms with van der Waals surface area (Å²) >= 11 is 3.31. The fourth-order valence-corrected chi connectivity index (χ4v) is 5.60. The lowest BCUT2D eigenvalue weighted by Crippen LogP contribution is -2.41. The van der Waals surface area contributed by atoms with Gasteiger partial charge in [0.25, 0.3) is 0 Å². The molecule has 1 atom stereocenters. The van der Waals surface area contributed by atoms with Crippen LogP contribution in [-0.2, 0) is 16.6 Å². The maximum absolute atomic E-state index is 13.7. The molecule has 28 heavy (non-hydrogen) atoms. The Labute approximate surface area is 172 Å². The first-order chi connectivity index (χ1) is 13.3. The van der Waals surface area contributed by atoms with Crippen molar-refractivity contribution in [3.63, 3.8) is 0 Å². The van der Waals surface area contributed by atoms with Crippen LogP contribution in [0.25, 0.3) is 0 Å². The Hall–Kier alpha value is -2.15. The summed E-state index contributed by atoms with van der Waals surface area (Å²) in [5.41, 5.74) is 0.535. The third-order valence-corrected chi connectivity index (χ3v) is 7.06. The smallest absolute Gasteiger partial charge is 0.247 e. The summed E-state index contributed by atoms with van der Waals surface area (Å²) in [5, 5.41) is 9.16. The number of nitrogens with zero attached hydrogens (tertiary/aromatic N) is 3. The molecule has 0 aromatic heterocycles. The number of nitriles is 1. The van der Waals surface area contributed by atoms with E-state index < -0.39 is 21.9 Å². The number of hydrogen-bond acceptors (Lipinski definition) is 5. The highest BCUT2D eigenvalue weighted by molar-refractivity contribution is 9.10. The van der Waals surface area contributed by atoms with Gasteiger partial charge in [0.2, 0.25) is 10.0 Å². The Bertz CT molecular complexity index is 1010. The van der Waals surface area contributed by atoms with E-state index in [1.54, 1.807) is 24.3 Å². The van der Waals surface area contributed by atoms with Crippen molar-refractivity contribution in [3.05, 3.63) is 58.3 Å². The van der Waals surface area contributed by atoms with Crippen LogP contribution in [0.3, 0.4) is 0 Å². The van der Waals surface area contributed by atoms with Gasteiger partial charge in [0, 0.05) is 30.1 Å². The topological polar surface area (TPSA) is 73.6 Å². The second-order valence-electron chi connectivity index (χ2n) is 6.46.